The van der Waals surface area contributed by atoms with Gasteiger partial charge in [-0.2, -0.15) is 0 Å². The topological polar surface area (TPSA) is 15.3 Å². The van der Waals surface area contributed by atoms with Crippen LogP contribution in [0.4, 0.5) is 0 Å². The van der Waals surface area contributed by atoms with Crippen LogP contribution in [0.1, 0.15) is 19.3 Å². The molecule has 1 saturated heterocycles. The van der Waals surface area contributed by atoms with Crippen molar-refractivity contribution in [2.75, 3.05) is 27.2 Å². The Hall–Kier alpha value is -0.0800. The maximum Gasteiger partial charge on any atom is 0.0200 e. The molecule has 2 rings (SSSR count). The average Bonchev–Trinajstić information content (AvgIpc) is 2.51. The SMILES string of the molecule is CN(C)C[C@@H]1CC2(CC2)CN1. The van der Waals surface area contributed by atoms with Crippen molar-refractivity contribution >= 4 is 0 Å². The van der Waals surface area contributed by atoms with Gasteiger partial charge in [0, 0.05) is 19.1 Å². The molecule has 1 aliphatic carbocycles. The van der Waals surface area contributed by atoms with Crippen LogP contribution in [0.3, 0.4) is 0 Å². The lowest BCUT2D eigenvalue weighted by Gasteiger charge is -2.15. The lowest BCUT2D eigenvalue weighted by molar-refractivity contribution is 0.352. The Bertz CT molecular complexity index is 150. The standard InChI is InChI=1S/C9H18N2/c1-11(2)6-8-5-9(3-4-9)7-10-8/h8,10H,3-7H2,1-2H3/t8-/m0/s1. The first kappa shape index (κ1) is 7.56. The number of hydrogen-bond donors (Lipinski definition) is 1. The average molecular weight is 154 g/mol. The van der Waals surface area contributed by atoms with E-state index in [-0.39, 0.29) is 0 Å². The van der Waals surface area contributed by atoms with Gasteiger partial charge in [0.2, 0.25) is 0 Å². The maximum atomic E-state index is 3.60. The lowest BCUT2D eigenvalue weighted by atomic mass is 10.0. The van der Waals surface area contributed by atoms with E-state index in [9.17, 15) is 0 Å². The summed E-state index contributed by atoms with van der Waals surface area (Å²) in [6.07, 6.45) is 4.37. The zero-order valence-corrected chi connectivity index (χ0v) is 7.56. The van der Waals surface area contributed by atoms with Crippen LogP contribution < -0.4 is 5.32 Å². The van der Waals surface area contributed by atoms with Gasteiger partial charge in [0.15, 0.2) is 0 Å². The fourth-order valence-corrected chi connectivity index (χ4v) is 2.16. The van der Waals surface area contributed by atoms with Crippen molar-refractivity contribution in [2.45, 2.75) is 25.3 Å². The molecule has 11 heavy (non-hydrogen) atoms. The molecule has 2 nitrogen and oxygen atoms in total. The van der Waals surface area contributed by atoms with Gasteiger partial charge in [0.1, 0.15) is 0 Å². The van der Waals surface area contributed by atoms with E-state index in [4.69, 9.17) is 0 Å². The van der Waals surface area contributed by atoms with Crippen molar-refractivity contribution in [3.05, 3.63) is 0 Å². The summed E-state index contributed by atoms with van der Waals surface area (Å²) in [4.78, 5) is 2.28. The molecule has 1 heterocycles. The highest BCUT2D eigenvalue weighted by atomic mass is 15.1. The second-order valence-electron chi connectivity index (χ2n) is 4.54. The zero-order valence-electron chi connectivity index (χ0n) is 7.56. The minimum atomic E-state index is 0.765. The van der Waals surface area contributed by atoms with Crippen molar-refractivity contribution in [1.29, 1.82) is 0 Å². The molecule has 1 atom stereocenters. The van der Waals surface area contributed by atoms with Crippen LogP contribution in [0.5, 0.6) is 0 Å². The fourth-order valence-electron chi connectivity index (χ4n) is 2.16. The van der Waals surface area contributed by atoms with Crippen LogP contribution in [-0.2, 0) is 0 Å². The maximum absolute atomic E-state index is 3.60. The Morgan fingerprint density at radius 2 is 2.18 bits per heavy atom. The Morgan fingerprint density at radius 3 is 2.64 bits per heavy atom. The minimum absolute atomic E-state index is 0.765. The highest BCUT2D eigenvalue weighted by Gasteiger charge is 2.47. The Balaban J connectivity index is 1.80. The smallest absolute Gasteiger partial charge is 0.0200 e. The van der Waals surface area contributed by atoms with Gasteiger partial charge in [0.25, 0.3) is 0 Å². The lowest BCUT2D eigenvalue weighted by Crippen LogP contribution is -2.33. The van der Waals surface area contributed by atoms with Crippen LogP contribution in [0.15, 0.2) is 0 Å². The number of likely N-dealkylation sites (N-methyl/N-ethyl adjacent to an activating group) is 1. The molecule has 1 spiro atoms. The second kappa shape index (κ2) is 2.46. The van der Waals surface area contributed by atoms with Gasteiger partial charge in [-0.15, -0.1) is 0 Å². The Kier molecular flexibility index (Phi) is 1.69. The van der Waals surface area contributed by atoms with E-state index in [1.165, 1.54) is 32.4 Å². The molecule has 2 fully saturated rings. The summed E-state index contributed by atoms with van der Waals surface area (Å²) in [6, 6.07) is 0.771. The molecule has 0 unspecified atom stereocenters. The van der Waals surface area contributed by atoms with Crippen molar-refractivity contribution in [1.82, 2.24) is 10.2 Å². The van der Waals surface area contributed by atoms with Gasteiger partial charge >= 0.3 is 0 Å². The fraction of sp³-hybridized carbons (Fsp3) is 1.00. The molecule has 0 aromatic carbocycles. The zero-order chi connectivity index (χ0) is 7.90. The Morgan fingerprint density at radius 1 is 1.45 bits per heavy atom. The van der Waals surface area contributed by atoms with Crippen LogP contribution in [0, 0.1) is 5.41 Å². The van der Waals surface area contributed by atoms with E-state index >= 15 is 0 Å². The van der Waals surface area contributed by atoms with Gasteiger partial charge in [-0.05, 0) is 38.8 Å². The van der Waals surface area contributed by atoms with Gasteiger partial charge < -0.3 is 10.2 Å². The van der Waals surface area contributed by atoms with Crippen molar-refractivity contribution in [3.8, 4) is 0 Å². The first-order chi connectivity index (χ1) is 5.20. The molecule has 0 aromatic rings. The second-order valence-corrected chi connectivity index (χ2v) is 4.54. The van der Waals surface area contributed by atoms with Gasteiger partial charge in [0.05, 0.1) is 0 Å². The van der Waals surface area contributed by atoms with Crippen molar-refractivity contribution in [3.63, 3.8) is 0 Å². The van der Waals surface area contributed by atoms with Gasteiger partial charge in [-0.3, -0.25) is 0 Å². The largest absolute Gasteiger partial charge is 0.312 e. The first-order valence-electron chi connectivity index (χ1n) is 4.58. The summed E-state index contributed by atoms with van der Waals surface area (Å²) in [6.45, 7) is 2.49. The van der Waals surface area contributed by atoms with E-state index < -0.39 is 0 Å². The Labute approximate surface area is 69.0 Å². The minimum Gasteiger partial charge on any atom is -0.312 e. The number of rotatable bonds is 2. The quantitative estimate of drug-likeness (QED) is 0.629. The molecule has 1 saturated carbocycles. The molecule has 0 amide bonds. The highest BCUT2D eigenvalue weighted by molar-refractivity contribution is 5.03. The molecule has 64 valence electrons. The molecule has 2 aliphatic rings. The normalized spacial score (nSPS) is 33.5. The van der Waals surface area contributed by atoms with Crippen LogP contribution in [-0.4, -0.2) is 38.1 Å². The van der Waals surface area contributed by atoms with Crippen LogP contribution >= 0.6 is 0 Å². The van der Waals surface area contributed by atoms with Crippen LogP contribution in [0.25, 0.3) is 0 Å². The summed E-state index contributed by atoms with van der Waals surface area (Å²) in [5, 5.41) is 3.60. The third-order valence-electron chi connectivity index (χ3n) is 2.99. The molecule has 1 N–H and O–H groups in total. The van der Waals surface area contributed by atoms with E-state index in [0.29, 0.717) is 0 Å². The summed E-state index contributed by atoms with van der Waals surface area (Å²) in [5.74, 6) is 0. The predicted molar refractivity (Wildman–Crippen MR) is 46.6 cm³/mol. The van der Waals surface area contributed by atoms with Crippen LogP contribution in [0.2, 0.25) is 0 Å². The van der Waals surface area contributed by atoms with Crippen molar-refractivity contribution in [2.24, 2.45) is 5.41 Å². The van der Waals surface area contributed by atoms with E-state index in [1.54, 1.807) is 0 Å². The summed E-state index contributed by atoms with van der Waals surface area (Å²) in [7, 11) is 4.30. The first-order valence-corrected chi connectivity index (χ1v) is 4.58. The predicted octanol–water partition coefficient (Wildman–Crippen LogP) is 0.690. The summed E-state index contributed by atoms with van der Waals surface area (Å²) in [5.41, 5.74) is 0.765. The summed E-state index contributed by atoms with van der Waals surface area (Å²) < 4.78 is 0. The van der Waals surface area contributed by atoms with Gasteiger partial charge in [-0.25, -0.2) is 0 Å². The molecule has 0 aromatic heterocycles. The molecular formula is C9H18N2. The molecule has 2 heteroatoms. The van der Waals surface area contributed by atoms with E-state index in [1.807, 2.05) is 0 Å². The van der Waals surface area contributed by atoms with Crippen molar-refractivity contribution < 1.29 is 0 Å². The van der Waals surface area contributed by atoms with E-state index in [2.05, 4.69) is 24.3 Å². The molecule has 0 bridgehead atoms. The third-order valence-corrected chi connectivity index (χ3v) is 2.99. The number of nitrogens with zero attached hydrogens (tertiary/aromatic N) is 1. The molecular weight excluding hydrogens is 136 g/mol. The third kappa shape index (κ3) is 1.57. The van der Waals surface area contributed by atoms with Gasteiger partial charge in [-0.1, -0.05) is 0 Å². The molecule has 0 radical (unpaired) electrons. The monoisotopic (exact) mass is 154 g/mol. The highest BCUT2D eigenvalue weighted by Crippen LogP contribution is 2.51. The number of hydrogen-bond acceptors (Lipinski definition) is 2. The summed E-state index contributed by atoms with van der Waals surface area (Å²) >= 11 is 0. The number of nitrogens with one attached hydrogen (secondary N) is 1. The van der Waals surface area contributed by atoms with E-state index in [0.717, 1.165) is 11.5 Å². The molecule has 1 aliphatic heterocycles.